The van der Waals surface area contributed by atoms with Crippen LogP contribution in [0.25, 0.3) is 0 Å². The van der Waals surface area contributed by atoms with Crippen molar-refractivity contribution in [1.29, 1.82) is 0 Å². The first-order valence-corrected chi connectivity index (χ1v) is 12.5. The highest BCUT2D eigenvalue weighted by molar-refractivity contribution is 6.29. The van der Waals surface area contributed by atoms with Gasteiger partial charge in [0.05, 0.1) is 37.9 Å². The number of esters is 1. The Bertz CT molecular complexity index is 1450. The van der Waals surface area contributed by atoms with Crippen molar-refractivity contribution in [3.63, 3.8) is 0 Å². The lowest BCUT2D eigenvalue weighted by Gasteiger charge is -2.40. The number of aliphatic hydroxyl groups is 2. The van der Waals surface area contributed by atoms with Gasteiger partial charge in [-0.25, -0.2) is 4.98 Å². The number of ether oxygens (including phenoxy) is 4. The van der Waals surface area contributed by atoms with Gasteiger partial charge in [-0.3, -0.25) is 4.79 Å². The highest BCUT2D eigenvalue weighted by Crippen LogP contribution is 2.70. The van der Waals surface area contributed by atoms with E-state index in [0.717, 1.165) is 31.4 Å². The van der Waals surface area contributed by atoms with Crippen LogP contribution >= 0.6 is 11.6 Å². The van der Waals surface area contributed by atoms with Gasteiger partial charge in [-0.05, 0) is 28.8 Å². The molecule has 0 amide bonds. The summed E-state index contributed by atoms with van der Waals surface area (Å²) in [5.74, 6) is -3.67. The second kappa shape index (κ2) is 9.91. The summed E-state index contributed by atoms with van der Waals surface area (Å²) in [6.07, 6.45) is -6.51. The van der Waals surface area contributed by atoms with Crippen molar-refractivity contribution >= 4 is 17.6 Å². The summed E-state index contributed by atoms with van der Waals surface area (Å²) < 4.78 is 62.7. The smallest absolute Gasteiger partial charge is 0.416 e. The molecule has 1 aromatic heterocycles. The van der Waals surface area contributed by atoms with Gasteiger partial charge in [0, 0.05) is 19.1 Å². The van der Waals surface area contributed by atoms with Gasteiger partial charge in [0.25, 0.3) is 0 Å². The van der Waals surface area contributed by atoms with Gasteiger partial charge in [-0.2, -0.15) is 13.2 Å². The number of aliphatic hydroxyl groups excluding tert-OH is 1. The molecule has 1 saturated carbocycles. The summed E-state index contributed by atoms with van der Waals surface area (Å²) in [6.45, 7) is 0.206. The SMILES string of the molecule is COCc1cccc([C@@H]2[C@@H](C(=O)OC)[C@@H](O)[C@@]3(O)c4c(cc(Cl)nc4OC)O[C@@]23c2ccc(C(F)(F)F)cc2)c1. The molecule has 0 saturated heterocycles. The molecule has 2 N–H and O–H groups in total. The average molecular weight is 580 g/mol. The Balaban J connectivity index is 1.87. The van der Waals surface area contributed by atoms with Crippen molar-refractivity contribution in [2.24, 2.45) is 5.92 Å². The zero-order valence-electron chi connectivity index (χ0n) is 21.5. The third-order valence-corrected chi connectivity index (χ3v) is 7.82. The van der Waals surface area contributed by atoms with Gasteiger partial charge < -0.3 is 29.2 Å². The molecule has 2 aliphatic rings. The molecule has 5 atom stereocenters. The fourth-order valence-electron chi connectivity index (χ4n) is 6.10. The molecule has 2 aromatic carbocycles. The van der Waals surface area contributed by atoms with Crippen molar-refractivity contribution in [3.8, 4) is 11.6 Å². The normalized spacial score (nSPS) is 27.1. The van der Waals surface area contributed by atoms with E-state index in [-0.39, 0.29) is 34.5 Å². The first-order chi connectivity index (χ1) is 18.9. The maximum absolute atomic E-state index is 13.5. The molecule has 0 spiro atoms. The van der Waals surface area contributed by atoms with Crippen LogP contribution in [0, 0.1) is 5.92 Å². The van der Waals surface area contributed by atoms with E-state index in [1.807, 2.05) is 0 Å². The summed E-state index contributed by atoms with van der Waals surface area (Å²) in [5, 5.41) is 24.4. The fraction of sp³-hybridized carbons (Fsp3) is 0.357. The predicted molar refractivity (Wildman–Crippen MR) is 135 cm³/mol. The number of carbonyl (C=O) groups excluding carboxylic acids is 1. The Kier molecular flexibility index (Phi) is 6.98. The maximum Gasteiger partial charge on any atom is 0.416 e. The second-order valence-electron chi connectivity index (χ2n) is 9.66. The number of hydrogen-bond acceptors (Lipinski definition) is 8. The molecular weight excluding hydrogens is 555 g/mol. The van der Waals surface area contributed by atoms with E-state index < -0.39 is 46.9 Å². The number of pyridine rings is 1. The molecule has 8 nitrogen and oxygen atoms in total. The van der Waals surface area contributed by atoms with Gasteiger partial charge in [0.2, 0.25) is 5.88 Å². The Hall–Kier alpha value is -3.38. The number of aromatic nitrogens is 1. The van der Waals surface area contributed by atoms with Crippen molar-refractivity contribution < 1.29 is 47.1 Å². The van der Waals surface area contributed by atoms with Gasteiger partial charge in [0.15, 0.2) is 11.2 Å². The standard InChI is InChI=1S/C28H25ClF3NO7/c1-37-13-14-5-4-6-15(11-14)21-20(25(35)39-3)23(34)26(36)22-18(12-19(29)33-24(22)38-2)40-27(21,26)16-7-9-17(10-8-16)28(30,31)32/h4-12,20-21,23,34,36H,13H2,1-3H3/t20-,21-,23-,26+,27+/m1/s1. The van der Waals surface area contributed by atoms with Crippen molar-refractivity contribution in [3.05, 3.63) is 87.6 Å². The minimum Gasteiger partial charge on any atom is -0.481 e. The minimum atomic E-state index is -4.63. The molecule has 212 valence electrons. The van der Waals surface area contributed by atoms with E-state index in [4.69, 9.17) is 30.5 Å². The molecule has 40 heavy (non-hydrogen) atoms. The maximum atomic E-state index is 13.5. The van der Waals surface area contributed by atoms with Crippen LogP contribution in [0.3, 0.4) is 0 Å². The lowest BCUT2D eigenvalue weighted by atomic mass is 9.70. The van der Waals surface area contributed by atoms with Crippen LogP contribution in [-0.2, 0) is 38.3 Å². The van der Waals surface area contributed by atoms with E-state index in [0.29, 0.717) is 11.1 Å². The van der Waals surface area contributed by atoms with E-state index >= 15 is 0 Å². The topological polar surface area (TPSA) is 107 Å². The highest BCUT2D eigenvalue weighted by Gasteiger charge is 2.78. The number of halogens is 4. The molecular formula is C28H25ClF3NO7. The summed E-state index contributed by atoms with van der Waals surface area (Å²) in [7, 11) is 3.91. The third kappa shape index (κ3) is 3.94. The predicted octanol–water partition coefficient (Wildman–Crippen LogP) is 4.33. The average Bonchev–Trinajstić information content (AvgIpc) is 3.30. The molecule has 3 aromatic rings. The van der Waals surface area contributed by atoms with Crippen LogP contribution in [0.1, 0.15) is 33.7 Å². The summed E-state index contributed by atoms with van der Waals surface area (Å²) in [5.41, 5.74) is -4.34. The highest BCUT2D eigenvalue weighted by atomic mass is 35.5. The number of nitrogens with zero attached hydrogens (tertiary/aromatic N) is 1. The van der Waals surface area contributed by atoms with Crippen LogP contribution in [0.15, 0.2) is 54.6 Å². The Labute approximate surface area is 232 Å². The Morgan fingerprint density at radius 1 is 1.12 bits per heavy atom. The first kappa shape index (κ1) is 28.2. The first-order valence-electron chi connectivity index (χ1n) is 12.1. The Morgan fingerprint density at radius 3 is 2.42 bits per heavy atom. The summed E-state index contributed by atoms with van der Waals surface area (Å²) >= 11 is 6.19. The molecule has 5 rings (SSSR count). The largest absolute Gasteiger partial charge is 0.481 e. The lowest BCUT2D eigenvalue weighted by molar-refractivity contribution is -0.161. The van der Waals surface area contributed by atoms with E-state index in [1.54, 1.807) is 24.3 Å². The van der Waals surface area contributed by atoms with Crippen molar-refractivity contribution in [2.75, 3.05) is 21.3 Å². The molecule has 2 heterocycles. The number of alkyl halides is 3. The third-order valence-electron chi connectivity index (χ3n) is 7.63. The van der Waals surface area contributed by atoms with Crippen LogP contribution in [0.2, 0.25) is 5.15 Å². The van der Waals surface area contributed by atoms with Gasteiger partial charge >= 0.3 is 12.1 Å². The van der Waals surface area contributed by atoms with Crippen molar-refractivity contribution in [2.45, 2.75) is 36.0 Å². The summed E-state index contributed by atoms with van der Waals surface area (Å²) in [4.78, 5) is 17.4. The number of fused-ring (bicyclic) bond motifs is 3. The van der Waals surface area contributed by atoms with Crippen LogP contribution in [0.5, 0.6) is 11.6 Å². The van der Waals surface area contributed by atoms with Crippen LogP contribution in [0.4, 0.5) is 13.2 Å². The Morgan fingerprint density at radius 2 is 1.82 bits per heavy atom. The van der Waals surface area contributed by atoms with Gasteiger partial charge in [-0.15, -0.1) is 0 Å². The molecule has 1 aliphatic carbocycles. The van der Waals surface area contributed by atoms with E-state index in [9.17, 15) is 28.2 Å². The molecule has 0 unspecified atom stereocenters. The quantitative estimate of drug-likeness (QED) is 0.328. The monoisotopic (exact) mass is 579 g/mol. The zero-order chi connectivity index (χ0) is 29.0. The number of carbonyl (C=O) groups is 1. The van der Waals surface area contributed by atoms with E-state index in [2.05, 4.69) is 4.98 Å². The zero-order valence-corrected chi connectivity index (χ0v) is 22.3. The fourth-order valence-corrected chi connectivity index (χ4v) is 6.28. The van der Waals surface area contributed by atoms with Crippen LogP contribution in [-0.4, -0.2) is 48.6 Å². The van der Waals surface area contributed by atoms with Gasteiger partial charge in [-0.1, -0.05) is 48.0 Å². The van der Waals surface area contributed by atoms with Crippen molar-refractivity contribution in [1.82, 2.24) is 4.98 Å². The number of hydrogen-bond donors (Lipinski definition) is 2. The van der Waals surface area contributed by atoms with Gasteiger partial charge in [0.1, 0.15) is 17.0 Å². The molecule has 1 fully saturated rings. The number of methoxy groups -OCH3 is 3. The molecule has 1 aliphatic heterocycles. The molecule has 0 radical (unpaired) electrons. The molecule has 0 bridgehead atoms. The lowest BCUT2D eigenvalue weighted by Crippen LogP contribution is -2.52. The minimum absolute atomic E-state index is 0.0142. The van der Waals surface area contributed by atoms with Crippen LogP contribution < -0.4 is 9.47 Å². The molecule has 12 heteroatoms. The number of rotatable bonds is 6. The number of benzene rings is 2. The second-order valence-corrected chi connectivity index (χ2v) is 10.0. The summed E-state index contributed by atoms with van der Waals surface area (Å²) in [6, 6.07) is 12.1. The van der Waals surface area contributed by atoms with E-state index in [1.165, 1.54) is 20.3 Å².